The van der Waals surface area contributed by atoms with E-state index in [0.717, 1.165) is 23.3 Å². The first-order valence-electron chi connectivity index (χ1n) is 9.34. The molecule has 0 saturated heterocycles. The van der Waals surface area contributed by atoms with Crippen molar-refractivity contribution in [1.82, 2.24) is 10.6 Å². The fraction of sp³-hybridized carbons (Fsp3) is 0.364. The number of amides is 2. The summed E-state index contributed by atoms with van der Waals surface area (Å²) in [4.78, 5) is 24.6. The predicted octanol–water partition coefficient (Wildman–Crippen LogP) is 2.87. The summed E-state index contributed by atoms with van der Waals surface area (Å²) < 4.78 is 5.20. The van der Waals surface area contributed by atoms with E-state index in [1.807, 2.05) is 61.5 Å². The van der Waals surface area contributed by atoms with E-state index in [1.54, 1.807) is 7.11 Å². The number of carbonyl (C=O) groups excluding carboxylic acids is 2. The monoisotopic (exact) mass is 366 g/mol. The molecule has 5 nitrogen and oxygen atoms in total. The molecular weight excluding hydrogens is 340 g/mol. The quantitative estimate of drug-likeness (QED) is 0.755. The lowest BCUT2D eigenvalue weighted by molar-refractivity contribution is -0.127. The van der Waals surface area contributed by atoms with Gasteiger partial charge in [-0.25, -0.2) is 0 Å². The fourth-order valence-electron chi connectivity index (χ4n) is 3.21. The molecule has 3 unspecified atom stereocenters. The summed E-state index contributed by atoms with van der Waals surface area (Å²) in [6.07, 6.45) is 1.36. The Bertz CT molecular complexity index is 791. The fourth-order valence-corrected chi connectivity index (χ4v) is 3.21. The third kappa shape index (κ3) is 5.09. The van der Waals surface area contributed by atoms with E-state index in [1.165, 1.54) is 0 Å². The van der Waals surface area contributed by atoms with Crippen LogP contribution in [-0.2, 0) is 16.0 Å². The van der Waals surface area contributed by atoms with Crippen molar-refractivity contribution >= 4 is 11.8 Å². The number of hydrogen-bond donors (Lipinski definition) is 2. The van der Waals surface area contributed by atoms with Crippen LogP contribution in [0.25, 0.3) is 0 Å². The number of nitrogens with one attached hydrogen (secondary N) is 2. The van der Waals surface area contributed by atoms with Crippen molar-refractivity contribution in [1.29, 1.82) is 0 Å². The van der Waals surface area contributed by atoms with Gasteiger partial charge in [-0.2, -0.15) is 0 Å². The molecule has 2 aromatic carbocycles. The Kier molecular flexibility index (Phi) is 6.12. The van der Waals surface area contributed by atoms with Crippen molar-refractivity contribution in [2.75, 3.05) is 13.7 Å². The largest absolute Gasteiger partial charge is 0.497 e. The Morgan fingerprint density at radius 1 is 1.07 bits per heavy atom. The Hall–Kier alpha value is -2.82. The minimum absolute atomic E-state index is 0.0367. The van der Waals surface area contributed by atoms with E-state index < -0.39 is 0 Å². The SMILES string of the molecule is COc1cccc(CCNC(=O)C2CC2C(=O)NC(C)c2ccccc2)c1. The van der Waals surface area contributed by atoms with Crippen LogP contribution < -0.4 is 15.4 Å². The van der Waals surface area contributed by atoms with Crippen LogP contribution in [0, 0.1) is 11.8 Å². The highest BCUT2D eigenvalue weighted by molar-refractivity contribution is 5.92. The van der Waals surface area contributed by atoms with Gasteiger partial charge in [-0.15, -0.1) is 0 Å². The Morgan fingerprint density at radius 2 is 1.81 bits per heavy atom. The number of hydrogen-bond acceptors (Lipinski definition) is 3. The van der Waals surface area contributed by atoms with E-state index in [2.05, 4.69) is 10.6 Å². The van der Waals surface area contributed by atoms with Crippen molar-refractivity contribution in [2.45, 2.75) is 25.8 Å². The van der Waals surface area contributed by atoms with Gasteiger partial charge < -0.3 is 15.4 Å². The first-order chi connectivity index (χ1) is 13.1. The first kappa shape index (κ1) is 19.0. The van der Waals surface area contributed by atoms with Gasteiger partial charge in [-0.05, 0) is 43.0 Å². The predicted molar refractivity (Wildman–Crippen MR) is 104 cm³/mol. The van der Waals surface area contributed by atoms with Gasteiger partial charge >= 0.3 is 0 Å². The van der Waals surface area contributed by atoms with Gasteiger partial charge in [0.15, 0.2) is 0 Å². The molecule has 1 aliphatic carbocycles. The van der Waals surface area contributed by atoms with Crippen molar-refractivity contribution in [3.63, 3.8) is 0 Å². The average molecular weight is 366 g/mol. The number of rotatable bonds is 8. The van der Waals surface area contributed by atoms with Crippen molar-refractivity contribution < 1.29 is 14.3 Å². The molecule has 1 fully saturated rings. The van der Waals surface area contributed by atoms with Gasteiger partial charge in [0.25, 0.3) is 0 Å². The van der Waals surface area contributed by atoms with E-state index in [0.29, 0.717) is 13.0 Å². The summed E-state index contributed by atoms with van der Waals surface area (Å²) in [5, 5.41) is 5.95. The van der Waals surface area contributed by atoms with E-state index in [-0.39, 0.29) is 29.7 Å². The molecule has 3 atom stereocenters. The minimum atomic E-state index is -0.215. The topological polar surface area (TPSA) is 67.4 Å². The van der Waals surface area contributed by atoms with Gasteiger partial charge in [-0.1, -0.05) is 42.5 Å². The molecule has 5 heteroatoms. The molecule has 0 aromatic heterocycles. The average Bonchev–Trinajstić information content (AvgIpc) is 3.50. The van der Waals surface area contributed by atoms with Crippen LogP contribution in [0.4, 0.5) is 0 Å². The molecule has 27 heavy (non-hydrogen) atoms. The van der Waals surface area contributed by atoms with Gasteiger partial charge in [0, 0.05) is 6.54 Å². The molecule has 2 N–H and O–H groups in total. The molecule has 1 aliphatic rings. The number of ether oxygens (including phenoxy) is 1. The highest BCUT2D eigenvalue weighted by Crippen LogP contribution is 2.39. The molecule has 0 aliphatic heterocycles. The van der Waals surface area contributed by atoms with E-state index in [9.17, 15) is 9.59 Å². The van der Waals surface area contributed by atoms with Crippen LogP contribution in [0.1, 0.15) is 30.5 Å². The maximum Gasteiger partial charge on any atom is 0.224 e. The maximum atomic E-state index is 12.4. The zero-order valence-corrected chi connectivity index (χ0v) is 15.8. The molecule has 0 spiro atoms. The summed E-state index contributed by atoms with van der Waals surface area (Å²) in [5.41, 5.74) is 2.17. The highest BCUT2D eigenvalue weighted by Gasteiger charge is 2.48. The third-order valence-corrected chi connectivity index (χ3v) is 4.97. The Balaban J connectivity index is 1.41. The number of benzene rings is 2. The van der Waals surface area contributed by atoms with Crippen LogP contribution in [0.15, 0.2) is 54.6 Å². The Labute approximate surface area is 160 Å². The zero-order chi connectivity index (χ0) is 19.2. The van der Waals surface area contributed by atoms with E-state index in [4.69, 9.17) is 4.74 Å². The maximum absolute atomic E-state index is 12.4. The number of methoxy groups -OCH3 is 1. The van der Waals surface area contributed by atoms with E-state index >= 15 is 0 Å². The zero-order valence-electron chi connectivity index (χ0n) is 15.8. The molecule has 2 aromatic rings. The third-order valence-electron chi connectivity index (χ3n) is 4.97. The summed E-state index contributed by atoms with van der Waals surface area (Å²) in [6.45, 7) is 2.51. The normalized spacial score (nSPS) is 19.0. The molecular formula is C22H26N2O3. The van der Waals surface area contributed by atoms with Gasteiger partial charge in [-0.3, -0.25) is 9.59 Å². The molecule has 1 saturated carbocycles. The minimum Gasteiger partial charge on any atom is -0.497 e. The first-order valence-corrected chi connectivity index (χ1v) is 9.34. The van der Waals surface area contributed by atoms with Crippen LogP contribution in [-0.4, -0.2) is 25.5 Å². The summed E-state index contributed by atoms with van der Waals surface area (Å²) in [6, 6.07) is 17.6. The standard InChI is InChI=1S/C22H26N2O3/c1-15(17-8-4-3-5-9-17)24-22(26)20-14-19(20)21(25)23-12-11-16-7-6-10-18(13-16)27-2/h3-10,13,15,19-20H,11-12,14H2,1-2H3,(H,23,25)(H,24,26). The molecule has 0 bridgehead atoms. The van der Waals surface area contributed by atoms with Crippen molar-refractivity contribution in [2.24, 2.45) is 11.8 Å². The van der Waals surface area contributed by atoms with Gasteiger partial charge in [0.05, 0.1) is 25.0 Å². The smallest absolute Gasteiger partial charge is 0.224 e. The van der Waals surface area contributed by atoms with Crippen LogP contribution >= 0.6 is 0 Å². The summed E-state index contributed by atoms with van der Waals surface area (Å²) >= 11 is 0. The lowest BCUT2D eigenvalue weighted by Gasteiger charge is -2.14. The van der Waals surface area contributed by atoms with Crippen LogP contribution in [0.5, 0.6) is 5.75 Å². The van der Waals surface area contributed by atoms with Crippen molar-refractivity contribution in [3.05, 3.63) is 65.7 Å². The Morgan fingerprint density at radius 3 is 2.56 bits per heavy atom. The molecule has 142 valence electrons. The lowest BCUT2D eigenvalue weighted by Crippen LogP contribution is -2.32. The second kappa shape index (κ2) is 8.71. The lowest BCUT2D eigenvalue weighted by atomic mass is 10.1. The second-order valence-electron chi connectivity index (χ2n) is 6.98. The van der Waals surface area contributed by atoms with Crippen LogP contribution in [0.3, 0.4) is 0 Å². The van der Waals surface area contributed by atoms with Crippen LogP contribution in [0.2, 0.25) is 0 Å². The summed E-state index contributed by atoms with van der Waals surface area (Å²) in [5.74, 6) is 0.307. The van der Waals surface area contributed by atoms with Gasteiger partial charge in [0.1, 0.15) is 5.75 Å². The number of carbonyl (C=O) groups is 2. The highest BCUT2D eigenvalue weighted by atomic mass is 16.5. The molecule has 2 amide bonds. The molecule has 0 radical (unpaired) electrons. The van der Waals surface area contributed by atoms with Gasteiger partial charge in [0.2, 0.25) is 11.8 Å². The van der Waals surface area contributed by atoms with Crippen molar-refractivity contribution in [3.8, 4) is 5.75 Å². The molecule has 3 rings (SSSR count). The summed E-state index contributed by atoms with van der Waals surface area (Å²) in [7, 11) is 1.64. The molecule has 0 heterocycles. The second-order valence-corrected chi connectivity index (χ2v) is 6.98.